The quantitative estimate of drug-likeness (QED) is 0.675. The monoisotopic (exact) mass is 394 g/mol. The molecule has 26 heavy (non-hydrogen) atoms. The van der Waals surface area contributed by atoms with Crippen LogP contribution in [-0.2, 0) is 10.0 Å². The molecule has 10 heteroatoms. The lowest BCUT2D eigenvalue weighted by atomic mass is 10.2. The Morgan fingerprint density at radius 2 is 2.19 bits per heavy atom. The van der Waals surface area contributed by atoms with Gasteiger partial charge in [0, 0.05) is 6.54 Å². The van der Waals surface area contributed by atoms with E-state index in [0.29, 0.717) is 25.3 Å². The van der Waals surface area contributed by atoms with Gasteiger partial charge in [-0.3, -0.25) is 0 Å². The van der Waals surface area contributed by atoms with Gasteiger partial charge in [-0.1, -0.05) is 6.07 Å². The predicted octanol–water partition coefficient (Wildman–Crippen LogP) is 3.17. The maximum atomic E-state index is 13.5. The fraction of sp³-hybridized carbons (Fsp3) is 0.312. The summed E-state index contributed by atoms with van der Waals surface area (Å²) in [7, 11) is -3.86. The smallest absolute Gasteiger partial charge is 0.259 e. The van der Waals surface area contributed by atoms with Crippen LogP contribution in [0.3, 0.4) is 0 Å². The van der Waals surface area contributed by atoms with Crippen LogP contribution in [0.25, 0.3) is 10.8 Å². The van der Waals surface area contributed by atoms with Crippen LogP contribution in [-0.4, -0.2) is 34.4 Å². The van der Waals surface area contributed by atoms with Crippen LogP contribution in [0.4, 0.5) is 4.39 Å². The topological polar surface area (TPSA) is 89.2 Å². The highest BCUT2D eigenvalue weighted by Crippen LogP contribution is 2.37. The fourth-order valence-corrected chi connectivity index (χ4v) is 5.41. The molecule has 1 aliphatic rings. The molecular weight excluding hydrogens is 379 g/mol. The summed E-state index contributed by atoms with van der Waals surface area (Å²) in [4.78, 5) is 4.83. The molecule has 0 bridgehead atoms. The van der Waals surface area contributed by atoms with Crippen molar-refractivity contribution in [2.75, 3.05) is 6.54 Å². The molecule has 0 unspecified atom stereocenters. The highest BCUT2D eigenvalue weighted by atomic mass is 32.2. The summed E-state index contributed by atoms with van der Waals surface area (Å²) >= 11 is 1.38. The van der Waals surface area contributed by atoms with Gasteiger partial charge in [0.15, 0.2) is 0 Å². The summed E-state index contributed by atoms with van der Waals surface area (Å²) in [6.07, 6.45) is 1.23. The number of hydrogen-bond acceptors (Lipinski definition) is 7. The molecule has 0 radical (unpaired) electrons. The summed E-state index contributed by atoms with van der Waals surface area (Å²) in [6, 6.07) is 4.43. The van der Waals surface area contributed by atoms with Crippen LogP contribution in [0, 0.1) is 12.7 Å². The van der Waals surface area contributed by atoms with Crippen molar-refractivity contribution < 1.29 is 17.2 Å². The van der Waals surface area contributed by atoms with E-state index < -0.39 is 21.9 Å². The van der Waals surface area contributed by atoms with Gasteiger partial charge < -0.3 is 4.42 Å². The summed E-state index contributed by atoms with van der Waals surface area (Å²) < 4.78 is 46.4. The van der Waals surface area contributed by atoms with Gasteiger partial charge in [0.25, 0.3) is 5.89 Å². The Hall–Kier alpha value is -2.17. The number of halogens is 1. The molecule has 3 aromatic rings. The Bertz CT molecular complexity index is 1050. The Labute approximate surface area is 153 Å². The third kappa shape index (κ3) is 2.93. The van der Waals surface area contributed by atoms with E-state index in [1.165, 1.54) is 33.8 Å². The zero-order chi connectivity index (χ0) is 18.3. The predicted molar refractivity (Wildman–Crippen MR) is 92.4 cm³/mol. The Kier molecular flexibility index (Phi) is 4.33. The lowest BCUT2D eigenvalue weighted by Crippen LogP contribution is -2.31. The van der Waals surface area contributed by atoms with Gasteiger partial charge >= 0.3 is 0 Å². The number of rotatable bonds is 4. The highest BCUT2D eigenvalue weighted by molar-refractivity contribution is 7.89. The first-order chi connectivity index (χ1) is 12.5. The van der Waals surface area contributed by atoms with Gasteiger partial charge in [-0.25, -0.2) is 17.8 Å². The van der Waals surface area contributed by atoms with Crippen LogP contribution >= 0.6 is 11.3 Å². The van der Waals surface area contributed by atoms with Gasteiger partial charge in [-0.15, -0.1) is 21.5 Å². The second-order valence-electron chi connectivity index (χ2n) is 5.94. The van der Waals surface area contributed by atoms with Gasteiger partial charge in [0.2, 0.25) is 15.9 Å². The van der Waals surface area contributed by atoms with Crippen LogP contribution < -0.4 is 0 Å². The summed E-state index contributed by atoms with van der Waals surface area (Å²) in [6.45, 7) is 2.16. The standard InChI is InChI=1S/C16H15FN4O3S2/c1-10-14(25-9-18-10)16-20-19-15(24-16)13-6-3-7-21(13)26(22,23)12-5-2-4-11(17)8-12/h2,4-5,8-9,13H,3,6-7H2,1H3/t13-/m1/s1. The van der Waals surface area contributed by atoms with Crippen molar-refractivity contribution in [2.24, 2.45) is 0 Å². The van der Waals surface area contributed by atoms with Gasteiger partial charge in [-0.2, -0.15) is 4.31 Å². The van der Waals surface area contributed by atoms with Crippen molar-refractivity contribution in [1.29, 1.82) is 0 Å². The van der Waals surface area contributed by atoms with Crippen molar-refractivity contribution in [3.63, 3.8) is 0 Å². The molecule has 2 aromatic heterocycles. The van der Waals surface area contributed by atoms with E-state index >= 15 is 0 Å². The largest absolute Gasteiger partial charge is 0.418 e. The number of benzene rings is 1. The van der Waals surface area contributed by atoms with E-state index in [1.807, 2.05) is 6.92 Å². The molecule has 0 amide bonds. The normalized spacial score (nSPS) is 18.5. The van der Waals surface area contributed by atoms with Gasteiger partial charge in [0.1, 0.15) is 16.7 Å². The molecule has 136 valence electrons. The molecule has 3 heterocycles. The van der Waals surface area contributed by atoms with Gasteiger partial charge in [0.05, 0.1) is 16.1 Å². The van der Waals surface area contributed by atoms with Gasteiger partial charge in [-0.05, 0) is 38.0 Å². The number of aromatic nitrogens is 3. The van der Waals surface area contributed by atoms with Crippen molar-refractivity contribution in [3.8, 4) is 10.8 Å². The van der Waals surface area contributed by atoms with E-state index in [9.17, 15) is 12.8 Å². The lowest BCUT2D eigenvalue weighted by Gasteiger charge is -2.21. The average Bonchev–Trinajstić information content (AvgIpc) is 3.34. The number of nitrogens with zero attached hydrogens (tertiary/aromatic N) is 4. The second kappa shape index (κ2) is 6.53. The van der Waals surface area contributed by atoms with E-state index in [4.69, 9.17) is 4.42 Å². The molecule has 1 aromatic carbocycles. The summed E-state index contributed by atoms with van der Waals surface area (Å²) in [5, 5.41) is 8.09. The highest BCUT2D eigenvalue weighted by Gasteiger charge is 2.39. The molecule has 0 aliphatic carbocycles. The maximum absolute atomic E-state index is 13.5. The van der Waals surface area contributed by atoms with Crippen molar-refractivity contribution in [2.45, 2.75) is 30.7 Å². The van der Waals surface area contributed by atoms with Crippen molar-refractivity contribution in [1.82, 2.24) is 19.5 Å². The third-order valence-corrected chi connectivity index (χ3v) is 7.09. The molecule has 1 aliphatic heterocycles. The molecule has 1 atom stereocenters. The number of sulfonamides is 1. The lowest BCUT2D eigenvalue weighted by molar-refractivity contribution is 0.332. The molecule has 4 rings (SSSR count). The van der Waals surface area contributed by atoms with E-state index in [2.05, 4.69) is 15.2 Å². The van der Waals surface area contributed by atoms with Crippen LogP contribution in [0.15, 0.2) is 39.1 Å². The number of aryl methyl sites for hydroxylation is 1. The van der Waals surface area contributed by atoms with Crippen LogP contribution in [0.2, 0.25) is 0 Å². The minimum absolute atomic E-state index is 0.0811. The zero-order valence-electron chi connectivity index (χ0n) is 13.8. The van der Waals surface area contributed by atoms with Crippen LogP contribution in [0.1, 0.15) is 30.5 Å². The maximum Gasteiger partial charge on any atom is 0.259 e. The zero-order valence-corrected chi connectivity index (χ0v) is 15.4. The van der Waals surface area contributed by atoms with E-state index in [-0.39, 0.29) is 10.8 Å². The molecule has 1 saturated heterocycles. The SMILES string of the molecule is Cc1ncsc1-c1nnc([C@H]2CCCN2S(=O)(=O)c2cccc(F)c2)o1. The van der Waals surface area contributed by atoms with E-state index in [1.54, 1.807) is 5.51 Å². The summed E-state index contributed by atoms with van der Waals surface area (Å²) in [5.41, 5.74) is 2.46. The van der Waals surface area contributed by atoms with Crippen molar-refractivity contribution >= 4 is 21.4 Å². The molecule has 0 saturated carbocycles. The number of thiazole rings is 1. The third-order valence-electron chi connectivity index (χ3n) is 4.27. The summed E-state index contributed by atoms with van der Waals surface area (Å²) in [5.74, 6) is -0.0251. The first-order valence-corrected chi connectivity index (χ1v) is 10.3. The second-order valence-corrected chi connectivity index (χ2v) is 8.69. The number of hydrogen-bond donors (Lipinski definition) is 0. The van der Waals surface area contributed by atoms with Crippen LogP contribution in [0.5, 0.6) is 0 Å². The Balaban J connectivity index is 1.67. The minimum atomic E-state index is -3.86. The molecule has 7 nitrogen and oxygen atoms in total. The molecular formula is C16H15FN4O3S2. The van der Waals surface area contributed by atoms with E-state index in [0.717, 1.165) is 16.6 Å². The first kappa shape index (κ1) is 17.3. The molecule has 1 fully saturated rings. The molecule has 0 spiro atoms. The average molecular weight is 394 g/mol. The van der Waals surface area contributed by atoms with Crippen molar-refractivity contribution in [3.05, 3.63) is 47.2 Å². The molecule has 0 N–H and O–H groups in total. The first-order valence-electron chi connectivity index (χ1n) is 7.98. The Morgan fingerprint density at radius 3 is 2.92 bits per heavy atom. The Morgan fingerprint density at radius 1 is 1.35 bits per heavy atom. The fourth-order valence-electron chi connectivity index (χ4n) is 3.01. The minimum Gasteiger partial charge on any atom is -0.418 e.